The number of esters is 1. The van der Waals surface area contributed by atoms with E-state index in [0.29, 0.717) is 17.2 Å². The van der Waals surface area contributed by atoms with Gasteiger partial charge >= 0.3 is 5.97 Å². The summed E-state index contributed by atoms with van der Waals surface area (Å²) in [6.45, 7) is 1.65. The van der Waals surface area contributed by atoms with Gasteiger partial charge in [-0.1, -0.05) is 18.2 Å². The van der Waals surface area contributed by atoms with Crippen LogP contribution in [0.3, 0.4) is 0 Å². The van der Waals surface area contributed by atoms with Crippen molar-refractivity contribution in [2.24, 2.45) is 4.40 Å². The van der Waals surface area contributed by atoms with E-state index < -0.39 is 28.0 Å². The first-order valence-corrected chi connectivity index (χ1v) is 11.7. The van der Waals surface area contributed by atoms with E-state index in [1.54, 1.807) is 29.2 Å². The number of ether oxygens (including phenoxy) is 2. The summed E-state index contributed by atoms with van der Waals surface area (Å²) in [5, 5.41) is 2.69. The monoisotopic (exact) mass is 467 g/mol. The summed E-state index contributed by atoms with van der Waals surface area (Å²) in [6.07, 6.45) is 3.25. The maximum atomic E-state index is 12.5. The Bertz CT molecular complexity index is 1250. The van der Waals surface area contributed by atoms with E-state index in [2.05, 4.69) is 9.71 Å². The number of benzene rings is 2. The van der Waals surface area contributed by atoms with Gasteiger partial charge < -0.3 is 19.7 Å². The highest BCUT2D eigenvalue weighted by Crippen LogP contribution is 2.23. The second kappa shape index (κ2) is 9.29. The number of carbonyl (C=O) groups is 2. The van der Waals surface area contributed by atoms with E-state index >= 15 is 0 Å². The molecule has 170 valence electrons. The Labute approximate surface area is 191 Å². The predicted molar refractivity (Wildman–Crippen MR) is 122 cm³/mol. The number of amidine groups is 1. The minimum absolute atomic E-state index is 0.142. The van der Waals surface area contributed by atoms with E-state index in [1.165, 1.54) is 25.3 Å². The normalized spacial score (nSPS) is 17.2. The molecule has 2 aromatic carbocycles. The van der Waals surface area contributed by atoms with E-state index in [4.69, 9.17) is 9.47 Å². The molecule has 0 aliphatic carbocycles. The smallest absolute Gasteiger partial charge is 0.340 e. The molecule has 0 saturated heterocycles. The van der Waals surface area contributed by atoms with Crippen molar-refractivity contribution in [1.82, 2.24) is 4.90 Å². The summed E-state index contributed by atoms with van der Waals surface area (Å²) in [5.74, 6) is 0.216. The molecule has 4 rings (SSSR count). The first-order chi connectivity index (χ1) is 15.8. The molecule has 10 heteroatoms. The lowest BCUT2D eigenvalue weighted by Gasteiger charge is -2.27. The molecule has 2 heterocycles. The Morgan fingerprint density at radius 3 is 2.45 bits per heavy atom. The number of sulfonamides is 1. The van der Waals surface area contributed by atoms with Crippen molar-refractivity contribution in [2.45, 2.75) is 13.0 Å². The molecular formula is C23H21N3O6S. The van der Waals surface area contributed by atoms with Crippen molar-refractivity contribution in [3.05, 3.63) is 78.5 Å². The summed E-state index contributed by atoms with van der Waals surface area (Å²) in [6, 6.07) is 16.1. The fraction of sp³-hybridized carbons (Fsp3) is 0.174. The molecule has 33 heavy (non-hydrogen) atoms. The van der Waals surface area contributed by atoms with Crippen LogP contribution < -0.4 is 10.1 Å². The lowest BCUT2D eigenvalue weighted by molar-refractivity contribution is -0.149. The number of carbonyl (C=O) groups excluding carboxylic acids is 2. The number of fused-ring (bicyclic) bond motifs is 1. The molecule has 2 aromatic rings. The number of rotatable bonds is 6. The van der Waals surface area contributed by atoms with Crippen LogP contribution in [0.5, 0.6) is 11.5 Å². The zero-order chi connectivity index (χ0) is 23.4. The van der Waals surface area contributed by atoms with Crippen LogP contribution in [-0.4, -0.2) is 49.4 Å². The van der Waals surface area contributed by atoms with Crippen molar-refractivity contribution in [1.29, 1.82) is 0 Å². The molecule has 0 saturated carbocycles. The first-order valence-electron chi connectivity index (χ1n) is 10.1. The van der Waals surface area contributed by atoms with Crippen molar-refractivity contribution < 1.29 is 27.5 Å². The minimum atomic E-state index is -3.48. The molecule has 0 fully saturated rings. The third-order valence-electron chi connectivity index (χ3n) is 4.81. The van der Waals surface area contributed by atoms with Crippen molar-refractivity contribution >= 4 is 33.4 Å². The highest BCUT2D eigenvalue weighted by atomic mass is 32.2. The van der Waals surface area contributed by atoms with E-state index in [9.17, 15) is 18.0 Å². The number of hydrogen-bond acceptors (Lipinski definition) is 7. The zero-order valence-corrected chi connectivity index (χ0v) is 18.5. The molecular weight excluding hydrogens is 446 g/mol. The van der Waals surface area contributed by atoms with Crippen LogP contribution in [0.1, 0.15) is 6.92 Å². The average molecular weight is 468 g/mol. The van der Waals surface area contributed by atoms with Gasteiger partial charge in [-0.05, 0) is 55.5 Å². The van der Waals surface area contributed by atoms with Gasteiger partial charge in [0.15, 0.2) is 6.10 Å². The van der Waals surface area contributed by atoms with Gasteiger partial charge in [0.25, 0.3) is 15.9 Å². The number of para-hydroxylation sites is 1. The fourth-order valence-corrected chi connectivity index (χ4v) is 4.05. The number of hydrogen-bond donors (Lipinski definition) is 1. The molecule has 1 N–H and O–H groups in total. The minimum Gasteiger partial charge on any atom is -0.457 e. The zero-order valence-electron chi connectivity index (χ0n) is 17.7. The van der Waals surface area contributed by atoms with Crippen LogP contribution in [0.4, 0.5) is 5.69 Å². The molecule has 1 atom stereocenters. The molecule has 0 bridgehead atoms. The number of amides is 1. The largest absolute Gasteiger partial charge is 0.457 e. The standard InChI is InChI=1S/C23H21N3O6S/c1-16(31-23(28)17-7-12-21-25-33(29,30)14-13-26(21)15-17)22(27)24-18-8-10-20(11-9-18)32-19-5-3-2-4-6-19/h2-12,15-16H,13-14H2,1H3,(H,24,27)/t16-/m1/s1. The van der Waals surface area contributed by atoms with Gasteiger partial charge in [0.05, 0.1) is 11.3 Å². The molecule has 0 spiro atoms. The maximum absolute atomic E-state index is 12.5. The Kier molecular flexibility index (Phi) is 6.27. The third kappa shape index (κ3) is 5.66. The maximum Gasteiger partial charge on any atom is 0.340 e. The van der Waals surface area contributed by atoms with Crippen LogP contribution in [0.15, 0.2) is 82.9 Å². The summed E-state index contributed by atoms with van der Waals surface area (Å²) < 4.78 is 37.8. The van der Waals surface area contributed by atoms with Gasteiger partial charge in [-0.15, -0.1) is 4.40 Å². The molecule has 9 nitrogen and oxygen atoms in total. The van der Waals surface area contributed by atoms with Crippen LogP contribution >= 0.6 is 0 Å². The Morgan fingerprint density at radius 2 is 1.73 bits per heavy atom. The summed E-state index contributed by atoms with van der Waals surface area (Å²) in [5.41, 5.74) is 0.714. The van der Waals surface area contributed by atoms with E-state index in [-0.39, 0.29) is 23.7 Å². The topological polar surface area (TPSA) is 114 Å². The lowest BCUT2D eigenvalue weighted by atomic mass is 10.2. The second-order valence-electron chi connectivity index (χ2n) is 7.32. The Hall–Kier alpha value is -3.92. The summed E-state index contributed by atoms with van der Waals surface area (Å²) >= 11 is 0. The van der Waals surface area contributed by atoms with Crippen LogP contribution in [0.2, 0.25) is 0 Å². The number of anilines is 1. The van der Waals surface area contributed by atoms with Gasteiger partial charge in [0.1, 0.15) is 17.3 Å². The number of nitrogens with one attached hydrogen (secondary N) is 1. The molecule has 0 unspecified atom stereocenters. The molecule has 1 amide bonds. The second-order valence-corrected chi connectivity index (χ2v) is 9.08. The fourth-order valence-electron chi connectivity index (χ4n) is 3.08. The number of nitrogens with zero attached hydrogens (tertiary/aromatic N) is 2. The molecule has 0 radical (unpaired) electrons. The van der Waals surface area contributed by atoms with Gasteiger partial charge in [0, 0.05) is 18.4 Å². The van der Waals surface area contributed by atoms with Crippen LogP contribution in [0.25, 0.3) is 0 Å². The van der Waals surface area contributed by atoms with Crippen LogP contribution in [0, 0.1) is 0 Å². The Balaban J connectivity index is 1.32. The van der Waals surface area contributed by atoms with Crippen molar-refractivity contribution in [2.75, 3.05) is 17.6 Å². The SMILES string of the molecule is C[C@@H](OC(=O)C1=CN2CCS(=O)(=O)N=C2C=C1)C(=O)Nc1ccc(Oc2ccccc2)cc1. The molecule has 2 aliphatic heterocycles. The molecule has 2 aliphatic rings. The lowest BCUT2D eigenvalue weighted by Crippen LogP contribution is -2.37. The average Bonchev–Trinajstić information content (AvgIpc) is 2.80. The Morgan fingerprint density at radius 1 is 1.03 bits per heavy atom. The summed E-state index contributed by atoms with van der Waals surface area (Å²) in [4.78, 5) is 26.5. The quantitative estimate of drug-likeness (QED) is 0.650. The molecule has 0 aromatic heterocycles. The van der Waals surface area contributed by atoms with Gasteiger partial charge in [0.2, 0.25) is 0 Å². The first kappa shape index (κ1) is 22.3. The summed E-state index contributed by atoms with van der Waals surface area (Å²) in [7, 11) is -3.48. The predicted octanol–water partition coefficient (Wildman–Crippen LogP) is 2.85. The van der Waals surface area contributed by atoms with Gasteiger partial charge in [-0.2, -0.15) is 0 Å². The van der Waals surface area contributed by atoms with Crippen molar-refractivity contribution in [3.63, 3.8) is 0 Å². The van der Waals surface area contributed by atoms with E-state index in [1.807, 2.05) is 30.3 Å². The highest BCUT2D eigenvalue weighted by molar-refractivity contribution is 7.90. The third-order valence-corrected chi connectivity index (χ3v) is 5.98. The van der Waals surface area contributed by atoms with Gasteiger partial charge in [-0.3, -0.25) is 4.79 Å². The highest BCUT2D eigenvalue weighted by Gasteiger charge is 2.27. The van der Waals surface area contributed by atoms with Crippen LogP contribution in [-0.2, 0) is 24.3 Å². The van der Waals surface area contributed by atoms with Crippen molar-refractivity contribution in [3.8, 4) is 11.5 Å². The van der Waals surface area contributed by atoms with Gasteiger partial charge in [-0.25, -0.2) is 13.2 Å². The van der Waals surface area contributed by atoms with E-state index in [0.717, 1.165) is 0 Å².